The standard InChI is InChI=1S/C13H22N2O2/c1-5-17-13(2,3)9-15-11-6-10(14)7-12(8-11)16-4/h6-8,15H,5,9,14H2,1-4H3. The van der Waals surface area contributed by atoms with Crippen LogP contribution in [0.2, 0.25) is 0 Å². The highest BCUT2D eigenvalue weighted by molar-refractivity contribution is 5.59. The van der Waals surface area contributed by atoms with Gasteiger partial charge in [-0.05, 0) is 26.8 Å². The minimum Gasteiger partial charge on any atom is -0.497 e. The summed E-state index contributed by atoms with van der Waals surface area (Å²) >= 11 is 0. The molecule has 0 aliphatic heterocycles. The van der Waals surface area contributed by atoms with E-state index in [1.807, 2.05) is 32.9 Å². The minimum absolute atomic E-state index is 0.202. The third kappa shape index (κ3) is 4.53. The van der Waals surface area contributed by atoms with Gasteiger partial charge in [0.15, 0.2) is 0 Å². The van der Waals surface area contributed by atoms with Gasteiger partial charge in [0.2, 0.25) is 0 Å². The lowest BCUT2D eigenvalue weighted by atomic mass is 10.1. The number of hydrogen-bond donors (Lipinski definition) is 2. The van der Waals surface area contributed by atoms with Crippen molar-refractivity contribution in [2.45, 2.75) is 26.4 Å². The van der Waals surface area contributed by atoms with E-state index in [2.05, 4.69) is 5.32 Å². The zero-order valence-electron chi connectivity index (χ0n) is 11.0. The lowest BCUT2D eigenvalue weighted by Crippen LogP contribution is -2.33. The van der Waals surface area contributed by atoms with Crippen molar-refractivity contribution in [1.29, 1.82) is 0 Å². The smallest absolute Gasteiger partial charge is 0.122 e. The molecule has 0 amide bonds. The molecule has 0 saturated carbocycles. The third-order valence-corrected chi connectivity index (χ3v) is 2.42. The Bertz CT molecular complexity index is 364. The highest BCUT2D eigenvalue weighted by Crippen LogP contribution is 2.23. The second-order valence-electron chi connectivity index (χ2n) is 4.54. The number of hydrogen-bond acceptors (Lipinski definition) is 4. The quantitative estimate of drug-likeness (QED) is 0.748. The van der Waals surface area contributed by atoms with Gasteiger partial charge in [-0.25, -0.2) is 0 Å². The summed E-state index contributed by atoms with van der Waals surface area (Å²) in [6.45, 7) is 7.51. The van der Waals surface area contributed by atoms with E-state index in [0.717, 1.165) is 11.4 Å². The van der Waals surface area contributed by atoms with Crippen molar-refractivity contribution in [2.75, 3.05) is 31.3 Å². The monoisotopic (exact) mass is 238 g/mol. The number of anilines is 2. The van der Waals surface area contributed by atoms with E-state index < -0.39 is 0 Å². The molecule has 4 nitrogen and oxygen atoms in total. The predicted molar refractivity (Wildman–Crippen MR) is 71.6 cm³/mol. The molecule has 0 spiro atoms. The van der Waals surface area contributed by atoms with E-state index in [1.165, 1.54) is 0 Å². The molecule has 96 valence electrons. The van der Waals surface area contributed by atoms with E-state index in [4.69, 9.17) is 15.2 Å². The first-order chi connectivity index (χ1) is 7.96. The number of nitrogens with two attached hydrogens (primary N) is 1. The normalized spacial score (nSPS) is 11.3. The zero-order valence-corrected chi connectivity index (χ0v) is 11.0. The molecular weight excluding hydrogens is 216 g/mol. The summed E-state index contributed by atoms with van der Waals surface area (Å²) < 4.78 is 10.8. The highest BCUT2D eigenvalue weighted by Gasteiger charge is 2.17. The van der Waals surface area contributed by atoms with Crippen molar-refractivity contribution >= 4 is 11.4 Å². The summed E-state index contributed by atoms with van der Waals surface area (Å²) in [5, 5.41) is 3.30. The molecule has 0 bridgehead atoms. The average molecular weight is 238 g/mol. The number of rotatable bonds is 6. The van der Waals surface area contributed by atoms with E-state index >= 15 is 0 Å². The van der Waals surface area contributed by atoms with Crippen LogP contribution >= 0.6 is 0 Å². The van der Waals surface area contributed by atoms with Gasteiger partial charge >= 0.3 is 0 Å². The van der Waals surface area contributed by atoms with Gasteiger partial charge in [0.1, 0.15) is 5.75 Å². The highest BCUT2D eigenvalue weighted by atomic mass is 16.5. The molecule has 0 fully saturated rings. The van der Waals surface area contributed by atoms with E-state index in [1.54, 1.807) is 13.2 Å². The average Bonchev–Trinajstić information content (AvgIpc) is 2.26. The van der Waals surface area contributed by atoms with Crippen LogP contribution in [0.25, 0.3) is 0 Å². The van der Waals surface area contributed by atoms with Crippen molar-refractivity contribution in [3.05, 3.63) is 18.2 Å². The molecule has 1 aromatic rings. The van der Waals surface area contributed by atoms with Gasteiger partial charge in [-0.2, -0.15) is 0 Å². The fourth-order valence-corrected chi connectivity index (χ4v) is 1.60. The van der Waals surface area contributed by atoms with E-state index in [9.17, 15) is 0 Å². The van der Waals surface area contributed by atoms with E-state index in [0.29, 0.717) is 18.8 Å². The van der Waals surface area contributed by atoms with Gasteiger partial charge in [0, 0.05) is 36.7 Å². The maximum absolute atomic E-state index is 5.78. The summed E-state index contributed by atoms with van der Waals surface area (Å²) in [4.78, 5) is 0. The lowest BCUT2D eigenvalue weighted by Gasteiger charge is -2.25. The Morgan fingerprint density at radius 1 is 1.29 bits per heavy atom. The Hall–Kier alpha value is -1.42. The first-order valence-electron chi connectivity index (χ1n) is 5.79. The maximum atomic E-state index is 5.78. The van der Waals surface area contributed by atoms with Gasteiger partial charge in [0.25, 0.3) is 0 Å². The predicted octanol–water partition coefficient (Wildman–Crippen LogP) is 2.50. The Morgan fingerprint density at radius 3 is 2.59 bits per heavy atom. The van der Waals surface area contributed by atoms with Crippen LogP contribution in [0.1, 0.15) is 20.8 Å². The van der Waals surface area contributed by atoms with Crippen LogP contribution in [0.15, 0.2) is 18.2 Å². The molecule has 17 heavy (non-hydrogen) atoms. The summed E-state index contributed by atoms with van der Waals surface area (Å²) in [5.74, 6) is 0.752. The Labute approximate surface area is 103 Å². The van der Waals surface area contributed by atoms with Gasteiger partial charge in [-0.1, -0.05) is 0 Å². The van der Waals surface area contributed by atoms with Crippen LogP contribution in [0.3, 0.4) is 0 Å². The second kappa shape index (κ2) is 5.77. The van der Waals surface area contributed by atoms with Crippen LogP contribution in [0.5, 0.6) is 5.75 Å². The minimum atomic E-state index is -0.202. The molecule has 0 aliphatic rings. The summed E-state index contributed by atoms with van der Waals surface area (Å²) in [6, 6.07) is 5.59. The van der Waals surface area contributed by atoms with Crippen molar-refractivity contribution in [2.24, 2.45) is 0 Å². The topological polar surface area (TPSA) is 56.5 Å². The lowest BCUT2D eigenvalue weighted by molar-refractivity contribution is 0.000695. The number of methoxy groups -OCH3 is 1. The van der Waals surface area contributed by atoms with Crippen molar-refractivity contribution < 1.29 is 9.47 Å². The summed E-state index contributed by atoms with van der Waals surface area (Å²) in [6.07, 6.45) is 0. The first-order valence-corrected chi connectivity index (χ1v) is 5.79. The van der Waals surface area contributed by atoms with Crippen LogP contribution in [0, 0.1) is 0 Å². The molecule has 0 aliphatic carbocycles. The first kappa shape index (κ1) is 13.6. The summed E-state index contributed by atoms with van der Waals surface area (Å²) in [7, 11) is 1.63. The third-order valence-electron chi connectivity index (χ3n) is 2.42. The fraction of sp³-hybridized carbons (Fsp3) is 0.538. The molecule has 0 aromatic heterocycles. The Morgan fingerprint density at radius 2 is 2.00 bits per heavy atom. The fourth-order valence-electron chi connectivity index (χ4n) is 1.60. The molecule has 0 atom stereocenters. The van der Waals surface area contributed by atoms with Gasteiger partial charge in [-0.3, -0.25) is 0 Å². The maximum Gasteiger partial charge on any atom is 0.122 e. The second-order valence-corrected chi connectivity index (χ2v) is 4.54. The van der Waals surface area contributed by atoms with Crippen molar-refractivity contribution in [3.63, 3.8) is 0 Å². The number of ether oxygens (including phenoxy) is 2. The van der Waals surface area contributed by atoms with Crippen LogP contribution in [0.4, 0.5) is 11.4 Å². The molecule has 1 aromatic carbocycles. The molecule has 0 unspecified atom stereocenters. The van der Waals surface area contributed by atoms with Crippen LogP contribution in [-0.4, -0.2) is 25.9 Å². The molecule has 4 heteroatoms. The number of nitrogen functional groups attached to an aromatic ring is 1. The Balaban J connectivity index is 2.65. The molecule has 0 saturated heterocycles. The van der Waals surface area contributed by atoms with Gasteiger partial charge in [-0.15, -0.1) is 0 Å². The number of benzene rings is 1. The largest absolute Gasteiger partial charge is 0.497 e. The van der Waals surface area contributed by atoms with E-state index in [-0.39, 0.29) is 5.60 Å². The summed E-state index contributed by atoms with van der Waals surface area (Å²) in [5.41, 5.74) is 7.20. The van der Waals surface area contributed by atoms with Crippen molar-refractivity contribution in [1.82, 2.24) is 0 Å². The molecule has 0 radical (unpaired) electrons. The molecular formula is C13H22N2O2. The van der Waals surface area contributed by atoms with Crippen LogP contribution in [-0.2, 0) is 4.74 Å². The molecule has 1 rings (SSSR count). The van der Waals surface area contributed by atoms with Crippen molar-refractivity contribution in [3.8, 4) is 5.75 Å². The number of nitrogens with one attached hydrogen (secondary N) is 1. The van der Waals surface area contributed by atoms with Gasteiger partial charge < -0.3 is 20.5 Å². The van der Waals surface area contributed by atoms with Gasteiger partial charge in [0.05, 0.1) is 12.7 Å². The van der Waals surface area contributed by atoms with Crippen LogP contribution < -0.4 is 15.8 Å². The molecule has 0 heterocycles. The Kier molecular flexibility index (Phi) is 4.63. The molecule has 3 N–H and O–H groups in total. The SMILES string of the molecule is CCOC(C)(C)CNc1cc(N)cc(OC)c1. The zero-order chi connectivity index (χ0) is 12.9.